The number of aromatic carboxylic acids is 1. The van der Waals surface area contributed by atoms with Gasteiger partial charge in [0.05, 0.1) is 11.1 Å². The van der Waals surface area contributed by atoms with Crippen LogP contribution >= 0.6 is 0 Å². The van der Waals surface area contributed by atoms with Gasteiger partial charge in [0.1, 0.15) is 23.5 Å². The first-order chi connectivity index (χ1) is 13.5. The average molecular weight is 379 g/mol. The number of amides is 1. The van der Waals surface area contributed by atoms with Crippen LogP contribution in [-0.4, -0.2) is 38.6 Å². The summed E-state index contributed by atoms with van der Waals surface area (Å²) in [6.45, 7) is 2.70. The molecule has 7 nitrogen and oxygen atoms in total. The molecule has 0 radical (unpaired) electrons. The Labute approximate surface area is 162 Å². The van der Waals surface area contributed by atoms with Crippen LogP contribution in [0.15, 0.2) is 48.5 Å². The van der Waals surface area contributed by atoms with Crippen LogP contribution in [0.5, 0.6) is 0 Å². The number of benzene rings is 2. The van der Waals surface area contributed by atoms with Crippen molar-refractivity contribution in [3.05, 3.63) is 65.5 Å². The van der Waals surface area contributed by atoms with Gasteiger partial charge < -0.3 is 14.8 Å². The summed E-state index contributed by atoms with van der Waals surface area (Å²) in [5.41, 5.74) is 1.42. The third-order valence-electron chi connectivity index (χ3n) is 5.32. The lowest BCUT2D eigenvalue weighted by atomic mass is 9.98. The fourth-order valence-corrected chi connectivity index (χ4v) is 3.76. The number of carboxylic acids is 1. The summed E-state index contributed by atoms with van der Waals surface area (Å²) in [4.78, 5) is 33.7. The van der Waals surface area contributed by atoms with Gasteiger partial charge in [0.15, 0.2) is 0 Å². The molecule has 3 aromatic rings. The zero-order valence-electron chi connectivity index (χ0n) is 15.5. The molecule has 0 spiro atoms. The zero-order chi connectivity index (χ0) is 19.7. The first kappa shape index (κ1) is 18.0. The highest BCUT2D eigenvalue weighted by molar-refractivity contribution is 6.00. The number of rotatable bonds is 4. The number of nitrogens with zero attached hydrogens (tertiary/aromatic N) is 2. The maximum Gasteiger partial charge on any atom is 0.410 e. The number of nitrogens with one attached hydrogen (secondary N) is 1. The number of hydrogen-bond acceptors (Lipinski definition) is 4. The third-order valence-corrected chi connectivity index (χ3v) is 5.32. The van der Waals surface area contributed by atoms with Crippen molar-refractivity contribution in [2.45, 2.75) is 31.9 Å². The van der Waals surface area contributed by atoms with E-state index in [1.165, 1.54) is 6.07 Å². The SMILES string of the molecule is CC1(c2nc3c(C(=O)O)cccc3[nH]2)CCCN1C(=O)OCc1ccccc1. The maximum atomic E-state index is 12.8. The van der Waals surface area contributed by atoms with Gasteiger partial charge in [-0.15, -0.1) is 0 Å². The molecule has 0 bridgehead atoms. The fraction of sp³-hybridized carbons (Fsp3) is 0.286. The summed E-state index contributed by atoms with van der Waals surface area (Å²) >= 11 is 0. The van der Waals surface area contributed by atoms with Crippen LogP contribution in [0.3, 0.4) is 0 Å². The number of H-pyrrole nitrogens is 1. The Kier molecular flexibility index (Phi) is 4.50. The van der Waals surface area contributed by atoms with Gasteiger partial charge in [0.2, 0.25) is 0 Å². The summed E-state index contributed by atoms with van der Waals surface area (Å²) in [5, 5.41) is 9.40. The molecule has 1 atom stereocenters. The molecule has 1 aliphatic rings. The van der Waals surface area contributed by atoms with Crippen LogP contribution in [0.25, 0.3) is 11.0 Å². The minimum atomic E-state index is -1.03. The lowest BCUT2D eigenvalue weighted by Gasteiger charge is -2.32. The molecule has 4 rings (SSSR count). The lowest BCUT2D eigenvalue weighted by molar-refractivity contribution is 0.0665. The van der Waals surface area contributed by atoms with Crippen molar-refractivity contribution < 1.29 is 19.4 Å². The maximum absolute atomic E-state index is 12.8. The molecule has 0 saturated carbocycles. The number of imidazole rings is 1. The Hall–Kier alpha value is -3.35. The lowest BCUT2D eigenvalue weighted by Crippen LogP contribution is -2.43. The number of carboxylic acid groups (broad SMARTS) is 1. The van der Waals surface area contributed by atoms with Crippen molar-refractivity contribution in [3.63, 3.8) is 0 Å². The van der Waals surface area contributed by atoms with Gasteiger partial charge in [0.25, 0.3) is 0 Å². The fourth-order valence-electron chi connectivity index (χ4n) is 3.76. The van der Waals surface area contributed by atoms with E-state index in [1.807, 2.05) is 37.3 Å². The van der Waals surface area contributed by atoms with E-state index in [-0.39, 0.29) is 12.2 Å². The molecule has 1 unspecified atom stereocenters. The summed E-state index contributed by atoms with van der Waals surface area (Å²) in [7, 11) is 0. The molecule has 2 aromatic carbocycles. The molecule has 7 heteroatoms. The Bertz CT molecular complexity index is 1030. The van der Waals surface area contributed by atoms with Crippen molar-refractivity contribution in [2.24, 2.45) is 0 Å². The van der Waals surface area contributed by atoms with E-state index in [4.69, 9.17) is 4.74 Å². The first-order valence-electron chi connectivity index (χ1n) is 9.20. The molecule has 144 valence electrons. The van der Waals surface area contributed by atoms with Crippen LogP contribution in [0.1, 0.15) is 41.5 Å². The summed E-state index contributed by atoms with van der Waals surface area (Å²) in [6.07, 6.45) is 1.14. The van der Waals surface area contributed by atoms with Gasteiger partial charge >= 0.3 is 12.1 Å². The Balaban J connectivity index is 1.61. The van der Waals surface area contributed by atoms with E-state index in [0.717, 1.165) is 18.4 Å². The second kappa shape index (κ2) is 6.99. The Morgan fingerprint density at radius 1 is 1.21 bits per heavy atom. The molecule has 2 N–H and O–H groups in total. The molecule has 1 aromatic heterocycles. The van der Waals surface area contributed by atoms with Crippen molar-refractivity contribution in [2.75, 3.05) is 6.54 Å². The summed E-state index contributed by atoms with van der Waals surface area (Å²) in [5.74, 6) is -0.454. The molecule has 28 heavy (non-hydrogen) atoms. The van der Waals surface area contributed by atoms with Crippen LogP contribution in [0.2, 0.25) is 0 Å². The largest absolute Gasteiger partial charge is 0.478 e. The third kappa shape index (κ3) is 3.09. The van der Waals surface area contributed by atoms with E-state index in [2.05, 4.69) is 9.97 Å². The highest BCUT2D eigenvalue weighted by atomic mass is 16.6. The molecule has 0 aliphatic carbocycles. The predicted octanol–water partition coefficient (Wildman–Crippen LogP) is 3.91. The number of carbonyl (C=O) groups is 2. The number of ether oxygens (including phenoxy) is 1. The number of carbonyl (C=O) groups excluding carboxylic acids is 1. The second-order valence-corrected chi connectivity index (χ2v) is 7.16. The Morgan fingerprint density at radius 3 is 2.75 bits per heavy atom. The molecule has 1 saturated heterocycles. The standard InChI is InChI=1S/C21H21N3O4/c1-21(19-22-16-10-5-9-15(18(25)26)17(16)23-19)11-6-12-24(21)20(27)28-13-14-7-3-2-4-8-14/h2-5,7-10H,6,11-13H2,1H3,(H,22,23)(H,25,26). The van der Waals surface area contributed by atoms with Gasteiger partial charge in [-0.2, -0.15) is 0 Å². The van der Waals surface area contributed by atoms with E-state index < -0.39 is 17.6 Å². The first-order valence-corrected chi connectivity index (χ1v) is 9.20. The highest BCUT2D eigenvalue weighted by Gasteiger charge is 2.44. The van der Waals surface area contributed by atoms with Crippen LogP contribution < -0.4 is 0 Å². The van der Waals surface area contributed by atoms with Gasteiger partial charge in [-0.25, -0.2) is 14.6 Å². The number of likely N-dealkylation sites (tertiary alicyclic amines) is 1. The predicted molar refractivity (Wildman–Crippen MR) is 103 cm³/mol. The minimum Gasteiger partial charge on any atom is -0.478 e. The van der Waals surface area contributed by atoms with Gasteiger partial charge in [-0.3, -0.25) is 4.90 Å². The Morgan fingerprint density at radius 2 is 2.00 bits per heavy atom. The zero-order valence-corrected chi connectivity index (χ0v) is 15.5. The summed E-state index contributed by atoms with van der Waals surface area (Å²) < 4.78 is 5.52. The van der Waals surface area contributed by atoms with Crippen molar-refractivity contribution in [3.8, 4) is 0 Å². The number of fused-ring (bicyclic) bond motifs is 1. The van der Waals surface area contributed by atoms with Crippen LogP contribution in [0.4, 0.5) is 4.79 Å². The molecule has 2 heterocycles. The van der Waals surface area contributed by atoms with Gasteiger partial charge in [-0.1, -0.05) is 36.4 Å². The van der Waals surface area contributed by atoms with Crippen molar-refractivity contribution in [1.82, 2.24) is 14.9 Å². The quantitative estimate of drug-likeness (QED) is 0.717. The molecular weight excluding hydrogens is 358 g/mol. The van der Waals surface area contributed by atoms with Crippen LogP contribution in [-0.2, 0) is 16.9 Å². The number of para-hydroxylation sites is 1. The molecule has 1 amide bonds. The van der Waals surface area contributed by atoms with Crippen molar-refractivity contribution in [1.29, 1.82) is 0 Å². The molecule has 1 fully saturated rings. The minimum absolute atomic E-state index is 0.139. The smallest absolute Gasteiger partial charge is 0.410 e. The summed E-state index contributed by atoms with van der Waals surface area (Å²) in [6, 6.07) is 14.5. The molecule has 1 aliphatic heterocycles. The van der Waals surface area contributed by atoms with Crippen molar-refractivity contribution >= 4 is 23.1 Å². The topological polar surface area (TPSA) is 95.5 Å². The van der Waals surface area contributed by atoms with Crippen LogP contribution in [0, 0.1) is 0 Å². The van der Waals surface area contributed by atoms with E-state index in [0.29, 0.717) is 23.4 Å². The van der Waals surface area contributed by atoms with E-state index in [9.17, 15) is 14.7 Å². The highest BCUT2D eigenvalue weighted by Crippen LogP contribution is 2.38. The average Bonchev–Trinajstić information content (AvgIpc) is 3.31. The van der Waals surface area contributed by atoms with Gasteiger partial charge in [0, 0.05) is 6.54 Å². The molecular formula is C21H21N3O4. The monoisotopic (exact) mass is 379 g/mol. The van der Waals surface area contributed by atoms with Gasteiger partial charge in [-0.05, 0) is 37.5 Å². The number of hydrogen-bond donors (Lipinski definition) is 2. The number of aromatic amines is 1. The van der Waals surface area contributed by atoms with E-state index >= 15 is 0 Å². The number of aromatic nitrogens is 2. The normalized spacial score (nSPS) is 19.1. The van der Waals surface area contributed by atoms with E-state index in [1.54, 1.807) is 17.0 Å². The second-order valence-electron chi connectivity index (χ2n) is 7.16.